The Morgan fingerprint density at radius 2 is 2.28 bits per heavy atom. The molecule has 1 aliphatic rings. The van der Waals surface area contributed by atoms with Crippen LogP contribution in [0.15, 0.2) is 5.38 Å². The second-order valence-corrected chi connectivity index (χ2v) is 4.88. The van der Waals surface area contributed by atoms with Crippen molar-refractivity contribution in [2.45, 2.75) is 24.8 Å². The number of rotatable bonds is 5. The highest BCUT2D eigenvalue weighted by Crippen LogP contribution is 2.40. The van der Waals surface area contributed by atoms with E-state index in [1.165, 1.54) is 11.3 Å². The van der Waals surface area contributed by atoms with Crippen LogP contribution in [0.1, 0.15) is 24.5 Å². The third kappa shape index (κ3) is 3.17. The molecule has 0 unspecified atom stereocenters. The lowest BCUT2D eigenvalue weighted by Crippen LogP contribution is -2.45. The molecule has 18 heavy (non-hydrogen) atoms. The first kappa shape index (κ1) is 12.8. The van der Waals surface area contributed by atoms with Crippen LogP contribution in [0.4, 0.5) is 9.93 Å². The molecule has 4 N–H and O–H groups in total. The zero-order valence-corrected chi connectivity index (χ0v) is 10.2. The second kappa shape index (κ2) is 5.32. The van der Waals surface area contributed by atoms with Gasteiger partial charge in [-0.25, -0.2) is 14.6 Å². The van der Waals surface area contributed by atoms with Crippen molar-refractivity contribution >= 4 is 28.5 Å². The highest BCUT2D eigenvalue weighted by Gasteiger charge is 2.26. The van der Waals surface area contributed by atoms with Gasteiger partial charge in [-0.2, -0.15) is 0 Å². The van der Waals surface area contributed by atoms with Crippen LogP contribution in [0, 0.1) is 0 Å². The molecule has 0 aromatic carbocycles. The van der Waals surface area contributed by atoms with E-state index in [-0.39, 0.29) is 0 Å². The molecule has 0 spiro atoms. The molecule has 2 rings (SSSR count). The maximum atomic E-state index is 11.5. The fourth-order valence-electron chi connectivity index (χ4n) is 1.39. The number of thiazole rings is 1. The van der Waals surface area contributed by atoms with Gasteiger partial charge in [-0.15, -0.1) is 11.3 Å². The number of urea groups is 1. The third-order valence-corrected chi connectivity index (χ3v) is 3.30. The minimum Gasteiger partial charge on any atom is -0.480 e. The van der Waals surface area contributed by atoms with Gasteiger partial charge < -0.3 is 15.5 Å². The number of hydrogen-bond acceptors (Lipinski definition) is 5. The van der Waals surface area contributed by atoms with Gasteiger partial charge >= 0.3 is 12.0 Å². The van der Waals surface area contributed by atoms with Crippen molar-refractivity contribution in [1.29, 1.82) is 0 Å². The first-order valence-corrected chi connectivity index (χ1v) is 6.34. The number of carboxylic acids is 1. The van der Waals surface area contributed by atoms with E-state index < -0.39 is 24.6 Å². The topological polar surface area (TPSA) is 112 Å². The Hall–Kier alpha value is -1.67. The zero-order chi connectivity index (χ0) is 13.1. The molecule has 0 radical (unpaired) electrons. The molecule has 98 valence electrons. The number of aliphatic hydroxyl groups is 1. The van der Waals surface area contributed by atoms with Crippen molar-refractivity contribution < 1.29 is 19.8 Å². The minimum atomic E-state index is -1.31. The van der Waals surface area contributed by atoms with Crippen molar-refractivity contribution in [3.05, 3.63) is 11.1 Å². The summed E-state index contributed by atoms with van der Waals surface area (Å²) >= 11 is 1.30. The van der Waals surface area contributed by atoms with Crippen LogP contribution in [0.5, 0.6) is 0 Å². The van der Waals surface area contributed by atoms with Gasteiger partial charge in [0, 0.05) is 11.3 Å². The molecular formula is C10H13N3O4S. The number of hydrogen-bond donors (Lipinski definition) is 4. The summed E-state index contributed by atoms with van der Waals surface area (Å²) < 4.78 is 0. The number of amides is 2. The summed E-state index contributed by atoms with van der Waals surface area (Å²) in [5, 5.41) is 24.3. The van der Waals surface area contributed by atoms with E-state index in [0.717, 1.165) is 18.5 Å². The Labute approximate surface area is 107 Å². The number of nitrogens with one attached hydrogen (secondary N) is 2. The molecule has 8 heteroatoms. The van der Waals surface area contributed by atoms with Gasteiger partial charge in [0.25, 0.3) is 0 Å². The van der Waals surface area contributed by atoms with E-state index in [4.69, 9.17) is 10.2 Å². The van der Waals surface area contributed by atoms with E-state index in [9.17, 15) is 9.59 Å². The number of anilines is 1. The summed E-state index contributed by atoms with van der Waals surface area (Å²) in [6, 6.07) is -2.00. The van der Waals surface area contributed by atoms with Gasteiger partial charge in [-0.1, -0.05) is 0 Å². The van der Waals surface area contributed by atoms with Crippen molar-refractivity contribution in [2.24, 2.45) is 0 Å². The van der Waals surface area contributed by atoms with Gasteiger partial charge in [0.2, 0.25) is 0 Å². The number of aliphatic hydroxyl groups excluding tert-OH is 1. The Bertz CT molecular complexity index is 458. The SMILES string of the molecule is O=C(Nc1nc(C2CC2)cs1)N[C@@H](CO)C(=O)O. The van der Waals surface area contributed by atoms with Gasteiger partial charge in [0.1, 0.15) is 0 Å². The third-order valence-electron chi connectivity index (χ3n) is 2.52. The molecule has 1 heterocycles. The Morgan fingerprint density at radius 1 is 1.56 bits per heavy atom. The number of carboxylic acid groups (broad SMARTS) is 1. The summed E-state index contributed by atoms with van der Waals surface area (Å²) in [7, 11) is 0. The van der Waals surface area contributed by atoms with Crippen molar-refractivity contribution in [3.8, 4) is 0 Å². The maximum Gasteiger partial charge on any atom is 0.328 e. The molecule has 1 aliphatic carbocycles. The number of carbonyl (C=O) groups is 2. The van der Waals surface area contributed by atoms with E-state index in [2.05, 4.69) is 15.6 Å². The maximum absolute atomic E-state index is 11.5. The van der Waals surface area contributed by atoms with Crippen LogP contribution in [0.3, 0.4) is 0 Å². The normalized spacial score (nSPS) is 16.1. The highest BCUT2D eigenvalue weighted by atomic mass is 32.1. The zero-order valence-electron chi connectivity index (χ0n) is 9.42. The first-order chi connectivity index (χ1) is 8.60. The van der Waals surface area contributed by atoms with E-state index >= 15 is 0 Å². The lowest BCUT2D eigenvalue weighted by molar-refractivity contribution is -0.140. The average Bonchev–Trinajstić information content (AvgIpc) is 3.07. The summed E-state index contributed by atoms with van der Waals surface area (Å²) in [4.78, 5) is 26.3. The molecule has 1 atom stereocenters. The average molecular weight is 271 g/mol. The Morgan fingerprint density at radius 3 is 2.83 bits per heavy atom. The second-order valence-electron chi connectivity index (χ2n) is 4.02. The first-order valence-electron chi connectivity index (χ1n) is 5.46. The molecule has 0 saturated heterocycles. The van der Waals surface area contributed by atoms with Gasteiger partial charge in [0.05, 0.1) is 12.3 Å². The van der Waals surface area contributed by atoms with Crippen LogP contribution in [0.25, 0.3) is 0 Å². The Kier molecular flexibility index (Phi) is 3.78. The van der Waals surface area contributed by atoms with Gasteiger partial charge in [0.15, 0.2) is 11.2 Å². The molecule has 2 amide bonds. The summed E-state index contributed by atoms with van der Waals surface area (Å²) in [6.45, 7) is -0.659. The number of aromatic nitrogens is 1. The van der Waals surface area contributed by atoms with Crippen LogP contribution in [-0.2, 0) is 4.79 Å². The van der Waals surface area contributed by atoms with E-state index in [0.29, 0.717) is 11.0 Å². The fourth-order valence-corrected chi connectivity index (χ4v) is 2.17. The van der Waals surface area contributed by atoms with Crippen LogP contribution in [-0.4, -0.2) is 39.8 Å². The summed E-state index contributed by atoms with van der Waals surface area (Å²) in [5.41, 5.74) is 0.965. The minimum absolute atomic E-state index is 0.427. The van der Waals surface area contributed by atoms with E-state index in [1.807, 2.05) is 5.38 Å². The number of carbonyl (C=O) groups excluding carboxylic acids is 1. The molecule has 0 bridgehead atoms. The highest BCUT2D eigenvalue weighted by molar-refractivity contribution is 7.13. The van der Waals surface area contributed by atoms with E-state index in [1.54, 1.807) is 0 Å². The largest absolute Gasteiger partial charge is 0.480 e. The lowest BCUT2D eigenvalue weighted by atomic mass is 10.3. The van der Waals surface area contributed by atoms with Crippen molar-refractivity contribution in [2.75, 3.05) is 11.9 Å². The molecule has 0 aliphatic heterocycles. The molecular weight excluding hydrogens is 258 g/mol. The molecule has 1 aromatic heterocycles. The summed E-state index contributed by atoms with van der Waals surface area (Å²) in [5.74, 6) is -0.783. The Balaban J connectivity index is 1.87. The predicted octanol–water partition coefficient (Wildman–Crippen LogP) is 0.587. The van der Waals surface area contributed by atoms with Gasteiger partial charge in [-0.05, 0) is 12.8 Å². The van der Waals surface area contributed by atoms with Gasteiger partial charge in [-0.3, -0.25) is 5.32 Å². The number of aliphatic carboxylic acids is 1. The molecule has 7 nitrogen and oxygen atoms in total. The standard InChI is InChI=1S/C10H13N3O4S/c14-3-6(8(15)16)11-9(17)13-10-12-7(4-18-10)5-1-2-5/h4-6,14H,1-3H2,(H,15,16)(H2,11,12,13,17)/t6-/m0/s1. The fraction of sp³-hybridized carbons (Fsp3) is 0.500. The predicted molar refractivity (Wildman–Crippen MR) is 64.8 cm³/mol. The quantitative estimate of drug-likeness (QED) is 0.626. The lowest BCUT2D eigenvalue weighted by Gasteiger charge is -2.11. The van der Waals surface area contributed by atoms with Crippen LogP contribution >= 0.6 is 11.3 Å². The summed E-state index contributed by atoms with van der Waals surface area (Å²) in [6.07, 6.45) is 2.25. The number of nitrogens with zero attached hydrogens (tertiary/aromatic N) is 1. The molecule has 1 aromatic rings. The smallest absolute Gasteiger partial charge is 0.328 e. The molecule has 1 fully saturated rings. The monoisotopic (exact) mass is 271 g/mol. The van der Waals surface area contributed by atoms with Crippen LogP contribution < -0.4 is 10.6 Å². The van der Waals surface area contributed by atoms with Crippen molar-refractivity contribution in [3.63, 3.8) is 0 Å². The molecule has 1 saturated carbocycles. The van der Waals surface area contributed by atoms with Crippen molar-refractivity contribution in [1.82, 2.24) is 10.3 Å². The van der Waals surface area contributed by atoms with Crippen LogP contribution in [0.2, 0.25) is 0 Å².